The monoisotopic (exact) mass is 381 g/mol. The molecule has 1 aliphatic rings. The van der Waals surface area contributed by atoms with Crippen molar-refractivity contribution in [3.63, 3.8) is 0 Å². The molecule has 0 spiro atoms. The van der Waals surface area contributed by atoms with E-state index in [1.165, 1.54) is 12.1 Å². The van der Waals surface area contributed by atoms with E-state index >= 15 is 0 Å². The minimum Gasteiger partial charge on any atom is -0.506 e. The highest BCUT2D eigenvalue weighted by atomic mass is 32.2. The Morgan fingerprint density at radius 3 is 2.74 bits per heavy atom. The number of carbonyl (C=O) groups is 1. The molecular formula is C19H15N3O4S. The molecule has 1 fully saturated rings. The van der Waals surface area contributed by atoms with Crippen molar-refractivity contribution in [3.05, 3.63) is 80.8 Å². The molecule has 0 aromatic heterocycles. The maximum absolute atomic E-state index is 12.1. The number of aryl methyl sites for hydroxylation is 1. The Morgan fingerprint density at radius 2 is 2.00 bits per heavy atom. The molecule has 2 N–H and O–H groups in total. The smallest absolute Gasteiger partial charge is 0.276 e. The highest BCUT2D eigenvalue weighted by molar-refractivity contribution is 8.18. The maximum Gasteiger partial charge on any atom is 0.276 e. The predicted octanol–water partition coefficient (Wildman–Crippen LogP) is 4.06. The van der Waals surface area contributed by atoms with Crippen molar-refractivity contribution in [2.45, 2.75) is 6.92 Å². The Morgan fingerprint density at radius 1 is 1.22 bits per heavy atom. The molecule has 0 atom stereocenters. The van der Waals surface area contributed by atoms with E-state index in [4.69, 9.17) is 0 Å². The molecule has 1 aliphatic heterocycles. The van der Waals surface area contributed by atoms with Gasteiger partial charge in [0.15, 0.2) is 5.17 Å². The maximum atomic E-state index is 12.1. The molecule has 27 heavy (non-hydrogen) atoms. The third kappa shape index (κ3) is 4.24. The third-order valence-electron chi connectivity index (χ3n) is 3.74. The summed E-state index contributed by atoms with van der Waals surface area (Å²) in [4.78, 5) is 27.3. The van der Waals surface area contributed by atoms with Crippen LogP contribution in [0.3, 0.4) is 0 Å². The van der Waals surface area contributed by atoms with Gasteiger partial charge in [0.1, 0.15) is 11.4 Å². The quantitative estimate of drug-likeness (QED) is 0.472. The number of para-hydroxylation sites is 2. The summed E-state index contributed by atoms with van der Waals surface area (Å²) in [6.07, 6.45) is 4.72. The van der Waals surface area contributed by atoms with E-state index < -0.39 is 4.92 Å². The van der Waals surface area contributed by atoms with E-state index in [0.29, 0.717) is 21.3 Å². The van der Waals surface area contributed by atoms with Gasteiger partial charge in [-0.3, -0.25) is 14.9 Å². The Hall–Kier alpha value is -3.39. The second-order valence-corrected chi connectivity index (χ2v) is 6.65. The van der Waals surface area contributed by atoms with Gasteiger partial charge in [-0.2, -0.15) is 0 Å². The van der Waals surface area contributed by atoms with Crippen molar-refractivity contribution in [2.24, 2.45) is 4.99 Å². The summed E-state index contributed by atoms with van der Waals surface area (Å²) >= 11 is 1.13. The molecule has 0 bridgehead atoms. The molecule has 8 heteroatoms. The van der Waals surface area contributed by atoms with Gasteiger partial charge in [0.05, 0.1) is 15.4 Å². The fourth-order valence-corrected chi connectivity index (χ4v) is 3.20. The van der Waals surface area contributed by atoms with Crippen molar-refractivity contribution in [2.75, 3.05) is 0 Å². The number of nitrogens with one attached hydrogen (secondary N) is 1. The normalized spacial score (nSPS) is 17.0. The molecule has 7 nitrogen and oxygen atoms in total. The van der Waals surface area contributed by atoms with Gasteiger partial charge >= 0.3 is 0 Å². The topological polar surface area (TPSA) is 105 Å². The summed E-state index contributed by atoms with van der Waals surface area (Å²) in [5.74, 6) is -0.287. The van der Waals surface area contributed by atoms with Crippen molar-refractivity contribution in [3.8, 4) is 5.75 Å². The SMILES string of the molecule is Cc1cccc(O)c1N=C1NC(=O)/C(=C/C=C/c2ccccc2[N+](=O)[O-])S1. The largest absolute Gasteiger partial charge is 0.506 e. The van der Waals surface area contributed by atoms with E-state index in [9.17, 15) is 20.0 Å². The number of hydrogen-bond donors (Lipinski definition) is 2. The Labute approximate surface area is 159 Å². The predicted molar refractivity (Wildman–Crippen MR) is 106 cm³/mol. The Kier molecular flexibility index (Phi) is 5.37. The van der Waals surface area contributed by atoms with Crippen LogP contribution < -0.4 is 5.32 Å². The Balaban J connectivity index is 1.80. The molecule has 1 saturated heterocycles. The van der Waals surface area contributed by atoms with Crippen molar-refractivity contribution >= 4 is 40.3 Å². The van der Waals surface area contributed by atoms with Crippen LogP contribution in [0.25, 0.3) is 6.08 Å². The van der Waals surface area contributed by atoms with Crippen LogP contribution in [0.2, 0.25) is 0 Å². The molecule has 1 heterocycles. The summed E-state index contributed by atoms with van der Waals surface area (Å²) in [5, 5.41) is 23.9. The highest BCUT2D eigenvalue weighted by Gasteiger charge is 2.23. The van der Waals surface area contributed by atoms with Gasteiger partial charge in [0.25, 0.3) is 11.6 Å². The molecule has 0 radical (unpaired) electrons. The number of carbonyl (C=O) groups excluding carboxylic acids is 1. The number of thioether (sulfide) groups is 1. The lowest BCUT2D eigenvalue weighted by Gasteiger charge is -2.03. The minimum atomic E-state index is -0.455. The van der Waals surface area contributed by atoms with Crippen molar-refractivity contribution < 1.29 is 14.8 Å². The number of allylic oxidation sites excluding steroid dienone is 2. The second-order valence-electron chi connectivity index (χ2n) is 5.62. The number of phenols is 1. The molecular weight excluding hydrogens is 366 g/mol. The zero-order valence-corrected chi connectivity index (χ0v) is 15.1. The van der Waals surface area contributed by atoms with Gasteiger partial charge in [0, 0.05) is 6.07 Å². The molecule has 136 valence electrons. The number of hydrogen-bond acceptors (Lipinski definition) is 6. The van der Waals surface area contributed by atoms with Gasteiger partial charge in [0.2, 0.25) is 0 Å². The van der Waals surface area contributed by atoms with Crippen molar-refractivity contribution in [1.29, 1.82) is 0 Å². The summed E-state index contributed by atoms with van der Waals surface area (Å²) in [7, 11) is 0. The van der Waals surface area contributed by atoms with Gasteiger partial charge in [-0.15, -0.1) is 0 Å². The number of nitro groups is 1. The number of nitro benzene ring substituents is 1. The van der Waals surface area contributed by atoms with Crippen LogP contribution in [0, 0.1) is 17.0 Å². The number of aromatic hydroxyl groups is 1. The van der Waals surface area contributed by atoms with Crippen LogP contribution in [0.1, 0.15) is 11.1 Å². The number of amides is 1. The first-order valence-corrected chi connectivity index (χ1v) is 8.75. The molecule has 1 amide bonds. The fourth-order valence-electron chi connectivity index (χ4n) is 2.42. The minimum absolute atomic E-state index is 0.00652. The third-order valence-corrected chi connectivity index (χ3v) is 4.67. The van der Waals surface area contributed by atoms with E-state index in [1.807, 2.05) is 13.0 Å². The zero-order chi connectivity index (χ0) is 19.4. The summed E-state index contributed by atoms with van der Waals surface area (Å²) < 4.78 is 0. The zero-order valence-electron chi connectivity index (χ0n) is 14.2. The van der Waals surface area contributed by atoms with Gasteiger partial charge < -0.3 is 10.4 Å². The summed E-state index contributed by atoms with van der Waals surface area (Å²) in [5.41, 5.74) is 1.62. The lowest BCUT2D eigenvalue weighted by atomic mass is 10.1. The molecule has 0 aliphatic carbocycles. The van der Waals surface area contributed by atoms with Crippen LogP contribution in [-0.4, -0.2) is 21.1 Å². The first-order valence-electron chi connectivity index (χ1n) is 7.94. The lowest BCUT2D eigenvalue weighted by Crippen LogP contribution is -2.19. The first-order chi connectivity index (χ1) is 13.0. The molecule has 0 saturated carbocycles. The Bertz CT molecular complexity index is 992. The lowest BCUT2D eigenvalue weighted by molar-refractivity contribution is -0.385. The molecule has 3 rings (SSSR count). The van der Waals surface area contributed by atoms with E-state index in [-0.39, 0.29) is 17.3 Å². The van der Waals surface area contributed by atoms with Crippen LogP contribution in [0.5, 0.6) is 5.75 Å². The number of benzene rings is 2. The van der Waals surface area contributed by atoms with Gasteiger partial charge in [-0.25, -0.2) is 4.99 Å². The first kappa shape index (κ1) is 18.4. The number of nitrogens with zero attached hydrogens (tertiary/aromatic N) is 2. The number of rotatable bonds is 4. The van der Waals surface area contributed by atoms with Crippen LogP contribution >= 0.6 is 11.8 Å². The van der Waals surface area contributed by atoms with Crippen LogP contribution in [-0.2, 0) is 4.79 Å². The van der Waals surface area contributed by atoms with E-state index in [2.05, 4.69) is 10.3 Å². The second kappa shape index (κ2) is 7.88. The molecule has 2 aromatic carbocycles. The average molecular weight is 381 g/mol. The van der Waals surface area contributed by atoms with Crippen molar-refractivity contribution in [1.82, 2.24) is 5.32 Å². The number of phenolic OH excluding ortho intramolecular Hbond substituents is 1. The number of amidine groups is 1. The van der Waals surface area contributed by atoms with Crippen LogP contribution in [0.15, 0.2) is 64.5 Å². The molecule has 0 unspecified atom stereocenters. The summed E-state index contributed by atoms with van der Waals surface area (Å²) in [6.45, 7) is 1.81. The van der Waals surface area contributed by atoms with E-state index in [1.54, 1.807) is 42.5 Å². The standard InChI is InChI=1S/C19H15N3O4S/c1-12-6-4-10-15(23)17(12)20-19-21-18(24)16(27-19)11-5-8-13-7-2-3-9-14(13)22(25)26/h2-11,23H,1H3,(H,20,21,24)/b8-5+,16-11-. The van der Waals surface area contributed by atoms with Gasteiger partial charge in [-0.05, 0) is 48.5 Å². The van der Waals surface area contributed by atoms with E-state index in [0.717, 1.165) is 17.3 Å². The van der Waals surface area contributed by atoms with Gasteiger partial charge in [-0.1, -0.05) is 30.3 Å². The molecule has 2 aromatic rings. The highest BCUT2D eigenvalue weighted by Crippen LogP contribution is 2.33. The van der Waals surface area contributed by atoms with Crippen LogP contribution in [0.4, 0.5) is 11.4 Å². The average Bonchev–Trinajstić information content (AvgIpc) is 2.98. The number of aliphatic imine (C=N–C) groups is 1. The fraction of sp³-hybridized carbons (Fsp3) is 0.0526. The summed E-state index contributed by atoms with van der Waals surface area (Å²) in [6, 6.07) is 11.4.